The molecule has 0 spiro atoms. The van der Waals surface area contributed by atoms with Crippen molar-refractivity contribution in [3.8, 4) is 0 Å². The Balaban J connectivity index is 2.74. The Labute approximate surface area is 429 Å². The number of aliphatic carboxylic acids is 1. The maximum absolute atomic E-state index is 13.1. The number of ether oxygens (including phenoxy) is 5. The summed E-state index contributed by atoms with van der Waals surface area (Å²) in [6.07, 6.45) is 46.0. The number of carboxylic acid groups (broad SMARTS) is 1. The second-order valence-corrected chi connectivity index (χ2v) is 18.8. The van der Waals surface area contributed by atoms with Crippen LogP contribution in [0.4, 0.5) is 0 Å². The second-order valence-electron chi connectivity index (χ2n) is 18.8. The van der Waals surface area contributed by atoms with Gasteiger partial charge in [-0.1, -0.05) is 177 Å². The lowest BCUT2D eigenvalue weighted by Crippen LogP contribution is -2.61. The number of aliphatic hydroxyl groups excluding tert-OH is 2. The summed E-state index contributed by atoms with van der Waals surface area (Å²) in [5.74, 6) is -3.19. The molecule has 1 aliphatic heterocycles. The van der Waals surface area contributed by atoms with E-state index in [0.29, 0.717) is 19.3 Å². The van der Waals surface area contributed by atoms with Crippen LogP contribution >= 0.6 is 0 Å². The molecule has 1 fully saturated rings. The molecule has 0 saturated carbocycles. The zero-order valence-electron chi connectivity index (χ0n) is 44.4. The number of unbranched alkanes of at least 4 members (excludes halogenated alkanes) is 20. The van der Waals surface area contributed by atoms with E-state index in [9.17, 15) is 34.5 Å². The van der Waals surface area contributed by atoms with Gasteiger partial charge in [-0.05, 0) is 103 Å². The van der Waals surface area contributed by atoms with E-state index < -0.39 is 67.3 Å². The molecule has 1 aliphatic rings. The monoisotopic (exact) mass is 999 g/mol. The highest BCUT2D eigenvalue weighted by Crippen LogP contribution is 2.26. The fraction of sp³-hybridized carbons (Fsp3) is 0.729. The number of esters is 3. The first-order valence-electron chi connectivity index (χ1n) is 27.9. The molecule has 1 heterocycles. The van der Waals surface area contributed by atoms with Crippen molar-refractivity contribution in [2.45, 2.75) is 263 Å². The van der Waals surface area contributed by atoms with E-state index in [0.717, 1.165) is 128 Å². The van der Waals surface area contributed by atoms with E-state index in [-0.39, 0.29) is 25.9 Å². The van der Waals surface area contributed by atoms with Crippen molar-refractivity contribution in [2.24, 2.45) is 0 Å². The van der Waals surface area contributed by atoms with E-state index >= 15 is 0 Å². The average Bonchev–Trinajstić information content (AvgIpc) is 3.35. The van der Waals surface area contributed by atoms with Crippen LogP contribution in [0, 0.1) is 0 Å². The third-order valence-corrected chi connectivity index (χ3v) is 12.2. The molecule has 3 N–H and O–H groups in total. The van der Waals surface area contributed by atoms with Crippen LogP contribution in [-0.2, 0) is 42.9 Å². The molecule has 12 nitrogen and oxygen atoms in total. The predicted molar refractivity (Wildman–Crippen MR) is 285 cm³/mol. The quantitative estimate of drug-likeness (QED) is 0.0228. The molecular formula is C59H98O12. The summed E-state index contributed by atoms with van der Waals surface area (Å²) in [5, 5.41) is 31.4. The van der Waals surface area contributed by atoms with Crippen molar-refractivity contribution >= 4 is 23.9 Å². The first kappa shape index (κ1) is 65.2. The molecule has 0 radical (unpaired) electrons. The van der Waals surface area contributed by atoms with Crippen molar-refractivity contribution in [2.75, 3.05) is 13.2 Å². The minimum atomic E-state index is -1.91. The number of hydrogen-bond donors (Lipinski definition) is 3. The topological polar surface area (TPSA) is 175 Å². The summed E-state index contributed by atoms with van der Waals surface area (Å²) >= 11 is 0. The van der Waals surface area contributed by atoms with Crippen LogP contribution in [0.5, 0.6) is 0 Å². The fourth-order valence-corrected chi connectivity index (χ4v) is 7.94. The molecule has 0 aromatic heterocycles. The molecule has 71 heavy (non-hydrogen) atoms. The van der Waals surface area contributed by atoms with Crippen LogP contribution in [0.15, 0.2) is 72.9 Å². The minimum Gasteiger partial charge on any atom is -0.479 e. The van der Waals surface area contributed by atoms with Gasteiger partial charge >= 0.3 is 23.9 Å². The number of rotatable bonds is 46. The Morgan fingerprint density at radius 2 is 0.915 bits per heavy atom. The van der Waals surface area contributed by atoms with Gasteiger partial charge in [0, 0.05) is 19.3 Å². The summed E-state index contributed by atoms with van der Waals surface area (Å²) in [5.41, 5.74) is 0. The Morgan fingerprint density at radius 1 is 0.479 bits per heavy atom. The van der Waals surface area contributed by atoms with Gasteiger partial charge in [-0.15, -0.1) is 0 Å². The lowest BCUT2D eigenvalue weighted by Gasteiger charge is -2.40. The Morgan fingerprint density at radius 3 is 1.44 bits per heavy atom. The second kappa shape index (κ2) is 47.2. The number of carbonyl (C=O) groups is 4. The van der Waals surface area contributed by atoms with Crippen molar-refractivity contribution in [3.63, 3.8) is 0 Å². The lowest BCUT2D eigenvalue weighted by molar-refractivity contribution is -0.301. The van der Waals surface area contributed by atoms with Gasteiger partial charge in [0.25, 0.3) is 0 Å². The number of allylic oxidation sites excluding steroid dienone is 12. The number of hydrogen-bond acceptors (Lipinski definition) is 11. The van der Waals surface area contributed by atoms with Gasteiger partial charge in [0.15, 0.2) is 24.6 Å². The van der Waals surface area contributed by atoms with Crippen LogP contribution < -0.4 is 0 Å². The van der Waals surface area contributed by atoms with E-state index in [2.05, 4.69) is 93.7 Å². The molecule has 1 rings (SSSR count). The van der Waals surface area contributed by atoms with E-state index in [1.54, 1.807) is 0 Å². The molecule has 0 amide bonds. The van der Waals surface area contributed by atoms with Gasteiger partial charge in [0.05, 0.1) is 6.61 Å². The van der Waals surface area contributed by atoms with Crippen LogP contribution in [0.3, 0.4) is 0 Å². The van der Waals surface area contributed by atoms with Gasteiger partial charge in [-0.2, -0.15) is 0 Å². The molecule has 406 valence electrons. The smallest absolute Gasteiger partial charge is 0.335 e. The number of carboxylic acids is 1. The van der Waals surface area contributed by atoms with Crippen molar-refractivity contribution in [3.05, 3.63) is 72.9 Å². The SMILES string of the molecule is CC/C=C\C/C=C\C/C=C\CCCCCC(=O)OCC(COC1OC(C(=O)O)C(O)C(O)C1OC(=O)CCCCCCC/C=C\CCCCCCCC)OC(=O)CCCCCCC/C=C\C/C=C\CCC. The summed E-state index contributed by atoms with van der Waals surface area (Å²) in [4.78, 5) is 51.0. The summed E-state index contributed by atoms with van der Waals surface area (Å²) in [6, 6.07) is 0. The molecule has 0 aromatic carbocycles. The standard InChI is InChI=1S/C59H98O12/c1-4-7-10-13-16-19-22-25-26-29-32-35-38-41-44-47-53(62)70-57-55(64)54(63)56(58(65)66)71-59(57)68-49-50(69-52(61)46-43-40-37-34-31-28-24-21-18-15-12-9-6-3)48-67-51(60)45-42-39-36-33-30-27-23-20-17-14-11-8-5-2/h8,11-12,15,17,20-21,24-27,30,50,54-57,59,63-64H,4-7,9-10,13-14,16,18-19,22-23,28-29,31-49H2,1-3H3,(H,65,66)/b11-8-,15-12-,20-17-,24-21-,26-25-,30-27-. The van der Waals surface area contributed by atoms with Crippen LogP contribution in [-0.4, -0.2) is 89.2 Å². The summed E-state index contributed by atoms with van der Waals surface area (Å²) in [6.45, 7) is 5.75. The zero-order chi connectivity index (χ0) is 51.8. The third kappa shape index (κ3) is 37.6. The van der Waals surface area contributed by atoms with Crippen molar-refractivity contribution in [1.29, 1.82) is 0 Å². The summed E-state index contributed by atoms with van der Waals surface area (Å²) in [7, 11) is 0. The molecular weight excluding hydrogens is 901 g/mol. The molecule has 1 saturated heterocycles. The fourth-order valence-electron chi connectivity index (χ4n) is 7.94. The Kier molecular flexibility index (Phi) is 43.3. The van der Waals surface area contributed by atoms with E-state index in [4.69, 9.17) is 23.7 Å². The molecule has 0 aromatic rings. The van der Waals surface area contributed by atoms with Crippen LogP contribution in [0.2, 0.25) is 0 Å². The minimum absolute atomic E-state index is 0.0442. The van der Waals surface area contributed by atoms with Crippen LogP contribution in [0.1, 0.15) is 226 Å². The maximum Gasteiger partial charge on any atom is 0.335 e. The lowest BCUT2D eigenvalue weighted by atomic mass is 9.98. The first-order chi connectivity index (χ1) is 34.6. The molecule has 12 heteroatoms. The van der Waals surface area contributed by atoms with E-state index in [1.165, 1.54) is 38.5 Å². The summed E-state index contributed by atoms with van der Waals surface area (Å²) < 4.78 is 28.3. The highest BCUT2D eigenvalue weighted by Gasteiger charge is 2.50. The Hall–Kier alpha value is -3.84. The van der Waals surface area contributed by atoms with Gasteiger partial charge in [0.1, 0.15) is 18.8 Å². The highest BCUT2D eigenvalue weighted by molar-refractivity contribution is 5.74. The maximum atomic E-state index is 13.1. The number of carbonyl (C=O) groups excluding carboxylic acids is 3. The zero-order valence-corrected chi connectivity index (χ0v) is 44.4. The van der Waals surface area contributed by atoms with Crippen molar-refractivity contribution in [1.82, 2.24) is 0 Å². The van der Waals surface area contributed by atoms with Crippen molar-refractivity contribution < 1.29 is 58.2 Å². The predicted octanol–water partition coefficient (Wildman–Crippen LogP) is 13.8. The highest BCUT2D eigenvalue weighted by atomic mass is 16.7. The molecule has 0 aliphatic carbocycles. The number of aliphatic hydroxyl groups is 2. The first-order valence-corrected chi connectivity index (χ1v) is 27.9. The van der Waals surface area contributed by atoms with Crippen LogP contribution in [0.25, 0.3) is 0 Å². The molecule has 6 unspecified atom stereocenters. The van der Waals surface area contributed by atoms with Gasteiger partial charge < -0.3 is 39.0 Å². The molecule has 0 bridgehead atoms. The molecule has 6 atom stereocenters. The van der Waals surface area contributed by atoms with E-state index in [1.807, 2.05) is 0 Å². The third-order valence-electron chi connectivity index (χ3n) is 12.2. The Bertz CT molecular complexity index is 1510. The van der Waals surface area contributed by atoms with Gasteiger partial charge in [0.2, 0.25) is 0 Å². The average molecular weight is 999 g/mol. The normalized spacial score (nSPS) is 19.0. The van der Waals surface area contributed by atoms with Gasteiger partial charge in [-0.25, -0.2) is 4.79 Å². The van der Waals surface area contributed by atoms with Gasteiger partial charge in [-0.3, -0.25) is 14.4 Å². The largest absolute Gasteiger partial charge is 0.479 e.